The van der Waals surface area contributed by atoms with Crippen LogP contribution in [0.1, 0.15) is 26.3 Å². The van der Waals surface area contributed by atoms with Crippen molar-refractivity contribution in [3.63, 3.8) is 0 Å². The quantitative estimate of drug-likeness (QED) is 0.710. The van der Waals surface area contributed by atoms with Crippen molar-refractivity contribution >= 4 is 18.0 Å². The summed E-state index contributed by atoms with van der Waals surface area (Å²) in [6.45, 7) is 4.76. The van der Waals surface area contributed by atoms with Gasteiger partial charge in [0.25, 0.3) is 0 Å². The monoisotopic (exact) mass is 341 g/mol. The maximum absolute atomic E-state index is 12.8. The normalized spacial score (nSPS) is 13.4. The van der Waals surface area contributed by atoms with Crippen molar-refractivity contribution in [3.05, 3.63) is 23.2 Å². The number of nitrogens with one attached hydrogen (secondary N) is 2. The van der Waals surface area contributed by atoms with Gasteiger partial charge in [0.2, 0.25) is 5.95 Å². The molecular weight excluding hydrogens is 323 g/mol. The van der Waals surface area contributed by atoms with Crippen molar-refractivity contribution in [2.45, 2.75) is 32.5 Å². The highest BCUT2D eigenvalue weighted by atomic mass is 19.4. The van der Waals surface area contributed by atoms with Crippen LogP contribution < -0.4 is 16.4 Å². The van der Waals surface area contributed by atoms with Gasteiger partial charge in [-0.2, -0.15) is 23.4 Å². The molecule has 24 heavy (non-hydrogen) atoms. The Morgan fingerprint density at radius 2 is 2.04 bits per heavy atom. The zero-order valence-electron chi connectivity index (χ0n) is 13.7. The van der Waals surface area contributed by atoms with Crippen LogP contribution in [-0.4, -0.2) is 28.8 Å². The third-order valence-electron chi connectivity index (χ3n) is 2.79. The van der Waals surface area contributed by atoms with Gasteiger partial charge >= 0.3 is 6.18 Å². The van der Waals surface area contributed by atoms with Crippen molar-refractivity contribution in [1.29, 1.82) is 5.26 Å². The number of allylic oxidation sites excluding steroid dienone is 2. The molecule has 0 unspecified atom stereocenters. The lowest BCUT2D eigenvalue weighted by Crippen LogP contribution is -2.18. The number of nitriles is 1. The minimum absolute atomic E-state index is 0.0895. The van der Waals surface area contributed by atoms with Gasteiger partial charge in [0, 0.05) is 25.2 Å². The molecule has 7 nitrogen and oxygen atoms in total. The molecule has 1 aromatic heterocycles. The average molecular weight is 341 g/mol. The molecule has 0 amide bonds. The molecule has 0 aliphatic carbocycles. The minimum atomic E-state index is -4.57. The predicted molar refractivity (Wildman–Crippen MR) is 85.3 cm³/mol. The molecule has 0 aromatic carbocycles. The lowest BCUT2D eigenvalue weighted by Gasteiger charge is -2.14. The Morgan fingerprint density at radius 3 is 2.50 bits per heavy atom. The van der Waals surface area contributed by atoms with Crippen LogP contribution in [0, 0.1) is 11.3 Å². The van der Waals surface area contributed by atoms with E-state index in [1.807, 2.05) is 6.07 Å². The number of aromatic nitrogens is 2. The number of nitrogens with two attached hydrogens (primary N) is 1. The van der Waals surface area contributed by atoms with Crippen molar-refractivity contribution in [2.75, 3.05) is 17.7 Å². The first-order valence-corrected chi connectivity index (χ1v) is 6.82. The molecule has 1 aromatic rings. The number of anilines is 2. The summed E-state index contributed by atoms with van der Waals surface area (Å²) >= 11 is 0. The lowest BCUT2D eigenvalue weighted by atomic mass is 10.1. The first-order chi connectivity index (χ1) is 11.0. The molecule has 0 aliphatic heterocycles. The smallest absolute Gasteiger partial charge is 0.401 e. The summed E-state index contributed by atoms with van der Waals surface area (Å²) in [5.74, 6) is -0.461. The van der Waals surface area contributed by atoms with E-state index in [9.17, 15) is 13.2 Å². The summed E-state index contributed by atoms with van der Waals surface area (Å²) < 4.78 is 38.5. The fourth-order valence-corrected chi connectivity index (χ4v) is 1.45. The van der Waals surface area contributed by atoms with E-state index in [4.69, 9.17) is 11.0 Å². The van der Waals surface area contributed by atoms with E-state index < -0.39 is 17.3 Å². The highest BCUT2D eigenvalue weighted by Crippen LogP contribution is 2.33. The fraction of sp³-hybridized carbons (Fsp3) is 0.429. The molecule has 0 fully saturated rings. The second kappa shape index (κ2) is 7.16. The van der Waals surface area contributed by atoms with E-state index in [2.05, 4.69) is 25.6 Å². The van der Waals surface area contributed by atoms with Gasteiger partial charge in [0.1, 0.15) is 16.9 Å². The van der Waals surface area contributed by atoms with E-state index in [-0.39, 0.29) is 17.5 Å². The van der Waals surface area contributed by atoms with E-state index in [1.54, 1.807) is 20.8 Å². The Morgan fingerprint density at radius 1 is 1.42 bits per heavy atom. The van der Waals surface area contributed by atoms with E-state index in [0.717, 1.165) is 0 Å². The van der Waals surface area contributed by atoms with E-state index in [1.165, 1.54) is 13.3 Å². The zero-order valence-corrected chi connectivity index (χ0v) is 13.7. The molecule has 1 heterocycles. The molecule has 0 radical (unpaired) electrons. The molecule has 10 heteroatoms. The highest BCUT2D eigenvalue weighted by molar-refractivity contribution is 5.83. The molecule has 1 rings (SSSR count). The molecule has 0 saturated carbocycles. The minimum Gasteiger partial charge on any atom is -0.401 e. The summed E-state index contributed by atoms with van der Waals surface area (Å²) in [7, 11) is 1.32. The highest BCUT2D eigenvalue weighted by Gasteiger charge is 2.35. The standard InChI is InChI=1S/C14H18F3N7/c1-8(19)10(6-22-13(2,3)7-18)23-12-21-5-9(14(15,16)17)11(20-4)24-12/h5-6H,19H2,1-4H3,(H2,20,21,23,24). The molecule has 0 atom stereocenters. The van der Waals surface area contributed by atoms with Gasteiger partial charge in [-0.3, -0.25) is 4.99 Å². The third-order valence-corrected chi connectivity index (χ3v) is 2.79. The number of halogens is 3. The van der Waals surface area contributed by atoms with Gasteiger partial charge in [-0.25, -0.2) is 4.98 Å². The maximum Gasteiger partial charge on any atom is 0.421 e. The Labute approximate surface area is 137 Å². The predicted octanol–water partition coefficient (Wildman–Crippen LogP) is 2.51. The molecule has 130 valence electrons. The van der Waals surface area contributed by atoms with Crippen LogP contribution in [0.5, 0.6) is 0 Å². The molecule has 0 saturated heterocycles. The van der Waals surface area contributed by atoms with Gasteiger partial charge in [0.15, 0.2) is 0 Å². The van der Waals surface area contributed by atoms with Crippen LogP contribution in [0.4, 0.5) is 24.9 Å². The number of rotatable bonds is 5. The number of hydrogen-bond acceptors (Lipinski definition) is 7. The van der Waals surface area contributed by atoms with Gasteiger partial charge in [-0.05, 0) is 20.8 Å². The second-order valence-electron chi connectivity index (χ2n) is 5.35. The third kappa shape index (κ3) is 5.12. The first-order valence-electron chi connectivity index (χ1n) is 6.82. The van der Waals surface area contributed by atoms with Crippen LogP contribution in [-0.2, 0) is 6.18 Å². The summed E-state index contributed by atoms with van der Waals surface area (Å²) in [4.78, 5) is 11.5. The SMILES string of the molecule is CNc1nc(NC(C=NC(C)(C)C#N)=C(C)N)ncc1C(F)(F)F. The Bertz CT molecular complexity index is 695. The molecule has 0 aliphatic rings. The molecule has 0 bridgehead atoms. The van der Waals surface area contributed by atoms with Crippen LogP contribution in [0.15, 0.2) is 22.6 Å². The molecular formula is C14H18F3N7. The zero-order chi connectivity index (χ0) is 18.5. The summed E-state index contributed by atoms with van der Waals surface area (Å²) in [6.07, 6.45) is -2.59. The molecule has 0 spiro atoms. The van der Waals surface area contributed by atoms with E-state index >= 15 is 0 Å². The van der Waals surface area contributed by atoms with Crippen LogP contribution in [0.3, 0.4) is 0 Å². The average Bonchev–Trinajstić information content (AvgIpc) is 2.49. The number of hydrogen-bond donors (Lipinski definition) is 3. The second-order valence-corrected chi connectivity index (χ2v) is 5.35. The Kier molecular flexibility index (Phi) is 5.73. The molecule has 4 N–H and O–H groups in total. The lowest BCUT2D eigenvalue weighted by molar-refractivity contribution is -0.137. The van der Waals surface area contributed by atoms with Crippen molar-refractivity contribution < 1.29 is 13.2 Å². The summed E-state index contributed by atoms with van der Waals surface area (Å²) in [6, 6.07) is 1.99. The van der Waals surface area contributed by atoms with Crippen LogP contribution in [0.2, 0.25) is 0 Å². The topological polar surface area (TPSA) is 112 Å². The van der Waals surface area contributed by atoms with Gasteiger partial charge in [-0.15, -0.1) is 0 Å². The number of aliphatic imine (C=N–C) groups is 1. The fourth-order valence-electron chi connectivity index (χ4n) is 1.45. The number of alkyl halides is 3. The summed E-state index contributed by atoms with van der Waals surface area (Å²) in [5, 5.41) is 14.0. The largest absolute Gasteiger partial charge is 0.421 e. The van der Waals surface area contributed by atoms with Crippen LogP contribution in [0.25, 0.3) is 0 Å². The van der Waals surface area contributed by atoms with Gasteiger partial charge < -0.3 is 16.4 Å². The van der Waals surface area contributed by atoms with Crippen LogP contribution >= 0.6 is 0 Å². The van der Waals surface area contributed by atoms with Crippen molar-refractivity contribution in [3.8, 4) is 6.07 Å². The number of nitrogens with zero attached hydrogens (tertiary/aromatic N) is 4. The van der Waals surface area contributed by atoms with Crippen molar-refractivity contribution in [1.82, 2.24) is 9.97 Å². The summed E-state index contributed by atoms with van der Waals surface area (Å²) in [5.41, 5.74) is 4.35. The maximum atomic E-state index is 12.8. The first kappa shape index (κ1) is 19.2. The van der Waals surface area contributed by atoms with Gasteiger partial charge in [0.05, 0.1) is 11.8 Å². The Hall–Kier alpha value is -2.83. The Balaban J connectivity index is 3.15. The van der Waals surface area contributed by atoms with E-state index in [0.29, 0.717) is 11.9 Å². The van der Waals surface area contributed by atoms with Gasteiger partial charge in [-0.1, -0.05) is 0 Å². The van der Waals surface area contributed by atoms with Crippen molar-refractivity contribution in [2.24, 2.45) is 10.7 Å².